The first-order valence-corrected chi connectivity index (χ1v) is 7.65. The lowest BCUT2D eigenvalue weighted by molar-refractivity contribution is 0.194. The molecule has 1 nitrogen and oxygen atoms in total. The van der Waals surface area contributed by atoms with Crippen molar-refractivity contribution in [2.24, 2.45) is 17.8 Å². The zero-order chi connectivity index (χ0) is 12.5. The maximum Gasteiger partial charge on any atom is 0.142 e. The molecule has 0 amide bonds. The van der Waals surface area contributed by atoms with E-state index in [1.54, 1.807) is 0 Å². The molecule has 2 bridgehead atoms. The van der Waals surface area contributed by atoms with E-state index in [9.17, 15) is 0 Å². The Morgan fingerprint density at radius 2 is 2.11 bits per heavy atom. The minimum Gasteiger partial charge on any atom is -0.491 e. The van der Waals surface area contributed by atoms with Gasteiger partial charge in [0.2, 0.25) is 0 Å². The van der Waals surface area contributed by atoms with E-state index in [4.69, 9.17) is 27.9 Å². The zero-order valence-electron chi connectivity index (χ0n) is 10.4. The lowest BCUT2D eigenvalue weighted by Crippen LogP contribution is -2.19. The number of para-hydroxylation sites is 1. The molecule has 3 heteroatoms. The molecule has 0 aliphatic heterocycles. The number of hydrogen-bond acceptors (Lipinski definition) is 1. The van der Waals surface area contributed by atoms with Crippen molar-refractivity contribution >= 4 is 23.2 Å². The Morgan fingerprint density at radius 1 is 1.22 bits per heavy atom. The van der Waals surface area contributed by atoms with Gasteiger partial charge in [0.25, 0.3) is 0 Å². The summed E-state index contributed by atoms with van der Waals surface area (Å²) in [5.41, 5.74) is 0.993. The van der Waals surface area contributed by atoms with Crippen molar-refractivity contribution in [1.82, 2.24) is 0 Å². The average molecular weight is 285 g/mol. The molecule has 1 aromatic carbocycles. The summed E-state index contributed by atoms with van der Waals surface area (Å²) in [7, 11) is 0. The molecule has 3 atom stereocenters. The third-order valence-corrected chi connectivity index (χ3v) is 5.10. The van der Waals surface area contributed by atoms with Crippen molar-refractivity contribution in [3.8, 4) is 5.75 Å². The van der Waals surface area contributed by atoms with Gasteiger partial charge in [0.15, 0.2) is 0 Å². The number of hydrogen-bond donors (Lipinski definition) is 0. The first-order valence-electron chi connectivity index (χ1n) is 6.74. The highest BCUT2D eigenvalue weighted by Crippen LogP contribution is 2.48. The molecule has 1 aromatic rings. The van der Waals surface area contributed by atoms with Gasteiger partial charge in [-0.15, -0.1) is 11.6 Å². The molecule has 0 saturated heterocycles. The van der Waals surface area contributed by atoms with Gasteiger partial charge in [0, 0.05) is 5.56 Å². The Kier molecular flexibility index (Phi) is 3.72. The van der Waals surface area contributed by atoms with Gasteiger partial charge < -0.3 is 4.74 Å². The van der Waals surface area contributed by atoms with E-state index in [1.165, 1.54) is 25.7 Å². The van der Waals surface area contributed by atoms with E-state index in [-0.39, 0.29) is 0 Å². The lowest BCUT2D eigenvalue weighted by atomic mass is 9.89. The summed E-state index contributed by atoms with van der Waals surface area (Å²) in [6.07, 6.45) is 5.58. The summed E-state index contributed by atoms with van der Waals surface area (Å²) in [6, 6.07) is 5.77. The van der Waals surface area contributed by atoms with Crippen LogP contribution in [0.2, 0.25) is 5.02 Å². The normalized spacial score (nSPS) is 29.8. The summed E-state index contributed by atoms with van der Waals surface area (Å²) in [5.74, 6) is 3.81. The molecular weight excluding hydrogens is 267 g/mol. The molecule has 98 valence electrons. The van der Waals surface area contributed by atoms with Crippen LogP contribution in [-0.2, 0) is 5.88 Å². The predicted molar refractivity (Wildman–Crippen MR) is 75.4 cm³/mol. The van der Waals surface area contributed by atoms with Crippen LogP contribution in [0.5, 0.6) is 5.75 Å². The van der Waals surface area contributed by atoms with E-state index in [0.29, 0.717) is 10.9 Å². The number of alkyl halides is 1. The highest BCUT2D eigenvalue weighted by Gasteiger charge is 2.39. The van der Waals surface area contributed by atoms with Gasteiger partial charge in [-0.05, 0) is 43.1 Å². The quantitative estimate of drug-likeness (QED) is 0.715. The minimum atomic E-state index is 0.451. The summed E-state index contributed by atoms with van der Waals surface area (Å²) in [5, 5.41) is 0.677. The second-order valence-electron chi connectivity index (χ2n) is 5.61. The van der Waals surface area contributed by atoms with Gasteiger partial charge in [-0.3, -0.25) is 0 Å². The minimum absolute atomic E-state index is 0.451. The Hall–Kier alpha value is -0.400. The largest absolute Gasteiger partial charge is 0.491 e. The van der Waals surface area contributed by atoms with Crippen LogP contribution in [0.3, 0.4) is 0 Å². The second-order valence-corrected chi connectivity index (χ2v) is 6.28. The van der Waals surface area contributed by atoms with E-state index in [0.717, 1.165) is 35.7 Å². The maximum atomic E-state index is 6.19. The standard InChI is InChI=1S/C15H18Cl2O/c16-8-12-2-1-3-14(17)15(12)18-9-13-7-10-4-5-11(13)6-10/h1-3,10-11,13H,4-9H2. The summed E-state index contributed by atoms with van der Waals surface area (Å²) >= 11 is 12.1. The third kappa shape index (κ3) is 2.35. The number of ether oxygens (including phenoxy) is 1. The smallest absolute Gasteiger partial charge is 0.142 e. The molecule has 3 unspecified atom stereocenters. The van der Waals surface area contributed by atoms with Gasteiger partial charge in [0.1, 0.15) is 5.75 Å². The fourth-order valence-corrected chi connectivity index (χ4v) is 4.05. The van der Waals surface area contributed by atoms with Crippen molar-refractivity contribution in [3.63, 3.8) is 0 Å². The predicted octanol–water partition coefficient (Wildman–Crippen LogP) is 4.89. The molecule has 2 saturated carbocycles. The fourth-order valence-electron chi connectivity index (χ4n) is 3.59. The second kappa shape index (κ2) is 5.30. The van der Waals surface area contributed by atoms with E-state index >= 15 is 0 Å². The molecule has 3 rings (SSSR count). The Balaban J connectivity index is 1.66. The number of halogens is 2. The van der Waals surface area contributed by atoms with Gasteiger partial charge in [-0.25, -0.2) is 0 Å². The Labute approximate surface area is 118 Å². The fraction of sp³-hybridized carbons (Fsp3) is 0.600. The SMILES string of the molecule is ClCc1cccc(Cl)c1OCC1CC2CCC1C2. The van der Waals surface area contributed by atoms with E-state index < -0.39 is 0 Å². The molecule has 18 heavy (non-hydrogen) atoms. The Morgan fingerprint density at radius 3 is 2.78 bits per heavy atom. The average Bonchev–Trinajstić information content (AvgIpc) is 2.99. The number of benzene rings is 1. The molecule has 0 radical (unpaired) electrons. The molecule has 2 aliphatic carbocycles. The monoisotopic (exact) mass is 284 g/mol. The highest BCUT2D eigenvalue weighted by atomic mass is 35.5. The van der Waals surface area contributed by atoms with Crippen LogP contribution in [0, 0.1) is 17.8 Å². The maximum absolute atomic E-state index is 6.19. The molecule has 0 heterocycles. The van der Waals surface area contributed by atoms with Crippen LogP contribution in [0.15, 0.2) is 18.2 Å². The van der Waals surface area contributed by atoms with Gasteiger partial charge in [0.05, 0.1) is 17.5 Å². The first-order chi connectivity index (χ1) is 8.78. The first kappa shape index (κ1) is 12.6. The van der Waals surface area contributed by atoms with Crippen LogP contribution in [0.4, 0.5) is 0 Å². The lowest BCUT2D eigenvalue weighted by Gasteiger charge is -2.22. The van der Waals surface area contributed by atoms with Crippen molar-refractivity contribution in [2.75, 3.05) is 6.61 Å². The molecular formula is C15H18Cl2O. The number of rotatable bonds is 4. The van der Waals surface area contributed by atoms with E-state index in [2.05, 4.69) is 0 Å². The third-order valence-electron chi connectivity index (χ3n) is 4.52. The topological polar surface area (TPSA) is 9.23 Å². The van der Waals surface area contributed by atoms with Crippen LogP contribution in [0.1, 0.15) is 31.2 Å². The van der Waals surface area contributed by atoms with Crippen molar-refractivity contribution in [1.29, 1.82) is 0 Å². The molecule has 0 N–H and O–H groups in total. The molecule has 2 fully saturated rings. The van der Waals surface area contributed by atoms with Crippen molar-refractivity contribution in [3.05, 3.63) is 28.8 Å². The van der Waals surface area contributed by atoms with Crippen molar-refractivity contribution < 1.29 is 4.74 Å². The van der Waals surface area contributed by atoms with Crippen LogP contribution < -0.4 is 4.74 Å². The summed E-state index contributed by atoms with van der Waals surface area (Å²) < 4.78 is 5.98. The highest BCUT2D eigenvalue weighted by molar-refractivity contribution is 6.32. The molecule has 0 aromatic heterocycles. The van der Waals surface area contributed by atoms with E-state index in [1.807, 2.05) is 18.2 Å². The Bertz CT molecular complexity index is 433. The molecule has 2 aliphatic rings. The van der Waals surface area contributed by atoms with Gasteiger partial charge in [-0.2, -0.15) is 0 Å². The number of fused-ring (bicyclic) bond motifs is 2. The van der Waals surface area contributed by atoms with Crippen LogP contribution in [-0.4, -0.2) is 6.61 Å². The summed E-state index contributed by atoms with van der Waals surface area (Å²) in [6.45, 7) is 0.800. The summed E-state index contributed by atoms with van der Waals surface area (Å²) in [4.78, 5) is 0. The molecule has 0 spiro atoms. The zero-order valence-corrected chi connectivity index (χ0v) is 11.9. The van der Waals surface area contributed by atoms with Crippen molar-refractivity contribution in [2.45, 2.75) is 31.6 Å². The van der Waals surface area contributed by atoms with Gasteiger partial charge >= 0.3 is 0 Å². The van der Waals surface area contributed by atoms with Gasteiger partial charge in [-0.1, -0.05) is 30.2 Å². The van der Waals surface area contributed by atoms with Crippen LogP contribution in [0.25, 0.3) is 0 Å². The van der Waals surface area contributed by atoms with Crippen LogP contribution >= 0.6 is 23.2 Å².